The van der Waals surface area contributed by atoms with Gasteiger partial charge in [0.25, 0.3) is 0 Å². The topological polar surface area (TPSA) is 69.6 Å². The van der Waals surface area contributed by atoms with Crippen LogP contribution < -0.4 is 5.32 Å². The van der Waals surface area contributed by atoms with Gasteiger partial charge in [-0.25, -0.2) is 9.59 Å². The van der Waals surface area contributed by atoms with Gasteiger partial charge < -0.3 is 15.3 Å². The summed E-state index contributed by atoms with van der Waals surface area (Å²) in [7, 11) is 0. The van der Waals surface area contributed by atoms with E-state index >= 15 is 0 Å². The number of likely N-dealkylation sites (tertiary alicyclic amines) is 1. The van der Waals surface area contributed by atoms with Crippen molar-refractivity contribution in [2.45, 2.75) is 55.9 Å². The van der Waals surface area contributed by atoms with Gasteiger partial charge in [-0.2, -0.15) is 11.8 Å². The molecule has 1 heterocycles. The largest absolute Gasteiger partial charge is 0.480 e. The quantitative estimate of drug-likeness (QED) is 0.838. The molecular formula is C15H24N2O3S. The second-order valence-corrected chi connectivity index (χ2v) is 7.63. The van der Waals surface area contributed by atoms with Gasteiger partial charge in [0.1, 0.15) is 6.04 Å². The zero-order valence-corrected chi connectivity index (χ0v) is 13.3. The Balaban J connectivity index is 1.67. The standard InChI is InChI=1S/C15H24N2O3S/c1-21-12-7-3-6-11(12)16-15(20)17-8-9-4-2-5-10(9)13(17)14(18)19/h9-13H,2-8H2,1H3,(H,16,20)(H,18,19). The molecule has 0 aromatic heterocycles. The van der Waals surface area contributed by atoms with E-state index in [1.165, 1.54) is 0 Å². The normalized spacial score (nSPS) is 38.5. The number of nitrogens with zero attached hydrogens (tertiary/aromatic N) is 1. The van der Waals surface area contributed by atoms with Crippen molar-refractivity contribution in [3.63, 3.8) is 0 Å². The summed E-state index contributed by atoms with van der Waals surface area (Å²) in [5, 5.41) is 13.1. The second kappa shape index (κ2) is 6.07. The number of carbonyl (C=O) groups excluding carboxylic acids is 1. The number of rotatable bonds is 3. The Morgan fingerprint density at radius 2 is 1.95 bits per heavy atom. The van der Waals surface area contributed by atoms with Crippen molar-refractivity contribution in [1.29, 1.82) is 0 Å². The van der Waals surface area contributed by atoms with E-state index in [0.717, 1.165) is 38.5 Å². The highest BCUT2D eigenvalue weighted by Crippen LogP contribution is 2.42. The minimum Gasteiger partial charge on any atom is -0.480 e. The van der Waals surface area contributed by atoms with Crippen molar-refractivity contribution < 1.29 is 14.7 Å². The number of carbonyl (C=O) groups is 2. The molecule has 3 aliphatic rings. The lowest BCUT2D eigenvalue weighted by atomic mass is 9.94. The second-order valence-electron chi connectivity index (χ2n) is 6.55. The van der Waals surface area contributed by atoms with Crippen LogP contribution in [0.15, 0.2) is 0 Å². The number of hydrogen-bond acceptors (Lipinski definition) is 3. The fourth-order valence-electron chi connectivity index (χ4n) is 4.45. The van der Waals surface area contributed by atoms with E-state index in [1.807, 2.05) is 0 Å². The van der Waals surface area contributed by atoms with E-state index in [2.05, 4.69) is 11.6 Å². The van der Waals surface area contributed by atoms with E-state index in [-0.39, 0.29) is 18.0 Å². The summed E-state index contributed by atoms with van der Waals surface area (Å²) in [5.41, 5.74) is 0. The Morgan fingerprint density at radius 3 is 2.67 bits per heavy atom. The first-order valence-electron chi connectivity index (χ1n) is 7.94. The average Bonchev–Trinajstić information content (AvgIpc) is 3.11. The highest BCUT2D eigenvalue weighted by molar-refractivity contribution is 7.99. The van der Waals surface area contributed by atoms with E-state index in [1.54, 1.807) is 16.7 Å². The monoisotopic (exact) mass is 312 g/mol. The molecule has 118 valence electrons. The first-order valence-corrected chi connectivity index (χ1v) is 9.23. The fourth-order valence-corrected chi connectivity index (χ4v) is 5.38. The van der Waals surface area contributed by atoms with E-state index in [4.69, 9.17) is 0 Å². The van der Waals surface area contributed by atoms with Gasteiger partial charge in [-0.1, -0.05) is 12.8 Å². The summed E-state index contributed by atoms with van der Waals surface area (Å²) in [6.07, 6.45) is 8.48. The average molecular weight is 312 g/mol. The number of thioether (sulfide) groups is 1. The minimum atomic E-state index is -0.840. The number of amides is 2. The smallest absolute Gasteiger partial charge is 0.326 e. The summed E-state index contributed by atoms with van der Waals surface area (Å²) in [5.74, 6) is -0.294. The van der Waals surface area contributed by atoms with Crippen LogP contribution in [-0.2, 0) is 4.79 Å². The number of aliphatic carboxylic acids is 1. The van der Waals surface area contributed by atoms with Gasteiger partial charge in [0.2, 0.25) is 0 Å². The minimum absolute atomic E-state index is 0.160. The predicted molar refractivity (Wildman–Crippen MR) is 82.4 cm³/mol. The molecule has 5 unspecified atom stereocenters. The summed E-state index contributed by atoms with van der Waals surface area (Å²) in [6, 6.07) is -0.586. The number of hydrogen-bond donors (Lipinski definition) is 2. The van der Waals surface area contributed by atoms with Gasteiger partial charge in [0, 0.05) is 17.8 Å². The number of carboxylic acid groups (broad SMARTS) is 1. The summed E-state index contributed by atoms with van der Waals surface area (Å²) in [6.45, 7) is 0.615. The molecular weight excluding hydrogens is 288 g/mol. The molecule has 5 atom stereocenters. The van der Waals surface area contributed by atoms with Crippen molar-refractivity contribution >= 4 is 23.8 Å². The third-order valence-corrected chi connectivity index (χ3v) is 6.64. The highest BCUT2D eigenvalue weighted by Gasteiger charge is 2.50. The lowest BCUT2D eigenvalue weighted by Crippen LogP contribution is -2.51. The van der Waals surface area contributed by atoms with Gasteiger partial charge >= 0.3 is 12.0 Å². The van der Waals surface area contributed by atoms with Crippen LogP contribution in [0.1, 0.15) is 38.5 Å². The van der Waals surface area contributed by atoms with Gasteiger partial charge in [-0.05, 0) is 43.8 Å². The molecule has 0 aromatic carbocycles. The molecule has 3 rings (SSSR count). The zero-order chi connectivity index (χ0) is 15.0. The van der Waals surface area contributed by atoms with Crippen LogP contribution in [0.5, 0.6) is 0 Å². The van der Waals surface area contributed by atoms with Crippen LogP contribution in [-0.4, -0.2) is 52.1 Å². The van der Waals surface area contributed by atoms with Crippen LogP contribution in [0.3, 0.4) is 0 Å². The molecule has 1 saturated heterocycles. The zero-order valence-electron chi connectivity index (χ0n) is 12.5. The third-order valence-electron chi connectivity index (χ3n) is 5.47. The summed E-state index contributed by atoms with van der Waals surface area (Å²) in [4.78, 5) is 25.7. The van der Waals surface area contributed by atoms with E-state index < -0.39 is 12.0 Å². The van der Waals surface area contributed by atoms with Crippen LogP contribution in [0.4, 0.5) is 4.79 Å². The van der Waals surface area contributed by atoms with Crippen molar-refractivity contribution in [1.82, 2.24) is 10.2 Å². The molecule has 21 heavy (non-hydrogen) atoms. The Labute approximate surface area is 129 Å². The maximum Gasteiger partial charge on any atom is 0.326 e. The molecule has 0 spiro atoms. The van der Waals surface area contributed by atoms with Gasteiger partial charge in [0.05, 0.1) is 0 Å². The van der Waals surface area contributed by atoms with Crippen molar-refractivity contribution in [3.8, 4) is 0 Å². The number of urea groups is 1. The van der Waals surface area contributed by atoms with Crippen LogP contribution in [0.25, 0.3) is 0 Å². The fraction of sp³-hybridized carbons (Fsp3) is 0.867. The number of carboxylic acids is 1. The number of fused-ring (bicyclic) bond motifs is 1. The van der Waals surface area contributed by atoms with Crippen LogP contribution in [0.2, 0.25) is 0 Å². The summed E-state index contributed by atoms with van der Waals surface area (Å²) >= 11 is 1.80. The molecule has 3 fully saturated rings. The molecule has 5 nitrogen and oxygen atoms in total. The Bertz CT molecular complexity index is 431. The first-order chi connectivity index (χ1) is 10.1. The number of nitrogens with one attached hydrogen (secondary N) is 1. The van der Waals surface area contributed by atoms with Crippen molar-refractivity contribution in [2.24, 2.45) is 11.8 Å². The first kappa shape index (κ1) is 15.0. The van der Waals surface area contributed by atoms with Gasteiger partial charge in [-0.3, -0.25) is 0 Å². The van der Waals surface area contributed by atoms with E-state index in [9.17, 15) is 14.7 Å². The van der Waals surface area contributed by atoms with Crippen molar-refractivity contribution in [2.75, 3.05) is 12.8 Å². The SMILES string of the molecule is CSC1CCCC1NC(=O)N1CC2CCCC2C1C(=O)O. The molecule has 0 aromatic rings. The lowest BCUT2D eigenvalue weighted by Gasteiger charge is -2.28. The molecule has 2 amide bonds. The molecule has 0 radical (unpaired) electrons. The molecule has 1 aliphatic heterocycles. The summed E-state index contributed by atoms with van der Waals surface area (Å²) < 4.78 is 0. The maximum absolute atomic E-state index is 12.6. The molecule has 2 saturated carbocycles. The third kappa shape index (κ3) is 2.74. The van der Waals surface area contributed by atoms with E-state index in [0.29, 0.717) is 17.7 Å². The molecule has 2 N–H and O–H groups in total. The molecule has 2 aliphatic carbocycles. The maximum atomic E-state index is 12.6. The van der Waals surface area contributed by atoms with Crippen LogP contribution >= 0.6 is 11.8 Å². The van der Waals surface area contributed by atoms with Crippen molar-refractivity contribution in [3.05, 3.63) is 0 Å². The molecule has 0 bridgehead atoms. The Morgan fingerprint density at radius 1 is 1.19 bits per heavy atom. The Hall–Kier alpha value is -0.910. The van der Waals surface area contributed by atoms with Gasteiger partial charge in [-0.15, -0.1) is 0 Å². The highest BCUT2D eigenvalue weighted by atomic mass is 32.2. The van der Waals surface area contributed by atoms with Crippen LogP contribution in [0, 0.1) is 11.8 Å². The lowest BCUT2D eigenvalue weighted by molar-refractivity contribution is -0.142. The van der Waals surface area contributed by atoms with Gasteiger partial charge in [0.15, 0.2) is 0 Å². The Kier molecular flexibility index (Phi) is 4.33. The molecule has 6 heteroatoms. The predicted octanol–water partition coefficient (Wildman–Crippen LogP) is 2.17.